The van der Waals surface area contributed by atoms with E-state index in [-0.39, 0.29) is 30.8 Å². The minimum atomic E-state index is -0.673. The van der Waals surface area contributed by atoms with Crippen LogP contribution in [0.4, 0.5) is 9.93 Å². The molecule has 8 heteroatoms. The van der Waals surface area contributed by atoms with Gasteiger partial charge >= 0.3 is 6.03 Å². The molecule has 1 aliphatic heterocycles. The maximum absolute atomic E-state index is 12.5. The first-order valence-electron chi connectivity index (χ1n) is 8.81. The van der Waals surface area contributed by atoms with Crippen LogP contribution in [0.2, 0.25) is 0 Å². The van der Waals surface area contributed by atoms with E-state index in [1.165, 1.54) is 16.2 Å². The normalized spacial score (nSPS) is 19.1. The Labute approximate surface area is 151 Å². The fourth-order valence-electron chi connectivity index (χ4n) is 3.38. The smallest absolute Gasteiger partial charge is 0.323 e. The molecule has 0 bridgehead atoms. The zero-order chi connectivity index (χ0) is 18.0. The third-order valence-electron chi connectivity index (χ3n) is 4.85. The average Bonchev–Trinajstić information content (AvgIpc) is 3.25. The molecule has 7 nitrogen and oxygen atoms in total. The summed E-state index contributed by atoms with van der Waals surface area (Å²) in [6, 6.07) is -0.325. The maximum atomic E-state index is 12.5. The Balaban J connectivity index is 1.46. The Hall–Kier alpha value is -1.96. The summed E-state index contributed by atoms with van der Waals surface area (Å²) in [6.45, 7) is 4.38. The molecule has 136 valence electrons. The highest BCUT2D eigenvalue weighted by Gasteiger charge is 2.51. The van der Waals surface area contributed by atoms with Crippen molar-refractivity contribution in [3.05, 3.63) is 11.1 Å². The molecule has 1 saturated heterocycles. The molecule has 1 aromatic heterocycles. The van der Waals surface area contributed by atoms with Crippen molar-refractivity contribution in [1.29, 1.82) is 0 Å². The van der Waals surface area contributed by atoms with Crippen LogP contribution < -0.4 is 10.6 Å². The lowest BCUT2D eigenvalue weighted by molar-refractivity contribution is -0.131. The van der Waals surface area contributed by atoms with Crippen LogP contribution >= 0.6 is 11.3 Å². The maximum Gasteiger partial charge on any atom is 0.325 e. The number of anilines is 1. The molecule has 2 heterocycles. The van der Waals surface area contributed by atoms with Crippen LogP contribution in [-0.4, -0.2) is 39.8 Å². The van der Waals surface area contributed by atoms with Crippen molar-refractivity contribution in [2.24, 2.45) is 0 Å². The highest BCUT2D eigenvalue weighted by molar-refractivity contribution is 7.13. The van der Waals surface area contributed by atoms with Gasteiger partial charge in [0.15, 0.2) is 5.13 Å². The lowest BCUT2D eigenvalue weighted by atomic mass is 9.98. The standard InChI is InChI=1S/C17H24N4O3S/c1-11(2)12-10-25-15(18-12)19-13(22)6-5-9-21-14(23)17(20-16(21)24)7-3-4-8-17/h10-11H,3-9H2,1-2H3,(H,20,24)(H,18,19,22). The second kappa shape index (κ2) is 7.11. The van der Waals surface area contributed by atoms with E-state index in [1.807, 2.05) is 5.38 Å². The van der Waals surface area contributed by atoms with Gasteiger partial charge < -0.3 is 10.6 Å². The van der Waals surface area contributed by atoms with Crippen molar-refractivity contribution in [2.45, 2.75) is 63.8 Å². The number of hydrogen-bond acceptors (Lipinski definition) is 5. The molecule has 1 aromatic rings. The van der Waals surface area contributed by atoms with Crippen molar-refractivity contribution >= 4 is 34.3 Å². The van der Waals surface area contributed by atoms with Crippen LogP contribution in [0.3, 0.4) is 0 Å². The summed E-state index contributed by atoms with van der Waals surface area (Å²) in [4.78, 5) is 42.2. The lowest BCUT2D eigenvalue weighted by Gasteiger charge is -2.19. The molecule has 0 aromatic carbocycles. The number of carbonyl (C=O) groups is 3. The van der Waals surface area contributed by atoms with E-state index in [9.17, 15) is 14.4 Å². The van der Waals surface area contributed by atoms with Gasteiger partial charge in [0.1, 0.15) is 5.54 Å². The number of hydrogen-bond donors (Lipinski definition) is 2. The Morgan fingerprint density at radius 1 is 1.40 bits per heavy atom. The second-order valence-electron chi connectivity index (χ2n) is 7.06. The topological polar surface area (TPSA) is 91.4 Å². The highest BCUT2D eigenvalue weighted by atomic mass is 32.1. The number of urea groups is 1. The summed E-state index contributed by atoms with van der Waals surface area (Å²) in [5, 5.41) is 8.16. The van der Waals surface area contributed by atoms with E-state index in [0.717, 1.165) is 31.4 Å². The van der Waals surface area contributed by atoms with E-state index in [1.54, 1.807) is 0 Å². The van der Waals surface area contributed by atoms with Crippen molar-refractivity contribution < 1.29 is 14.4 Å². The average molecular weight is 364 g/mol. The summed E-state index contributed by atoms with van der Waals surface area (Å²) in [5.41, 5.74) is 0.287. The van der Waals surface area contributed by atoms with Crippen LogP contribution in [0.1, 0.15) is 64.0 Å². The molecule has 0 unspecified atom stereocenters. The molecule has 1 saturated carbocycles. The molecule has 2 N–H and O–H groups in total. The Morgan fingerprint density at radius 2 is 2.12 bits per heavy atom. The van der Waals surface area contributed by atoms with Gasteiger partial charge in [-0.2, -0.15) is 0 Å². The largest absolute Gasteiger partial charge is 0.325 e. The van der Waals surface area contributed by atoms with Crippen molar-refractivity contribution in [2.75, 3.05) is 11.9 Å². The van der Waals surface area contributed by atoms with Crippen LogP contribution in [0, 0.1) is 0 Å². The first kappa shape index (κ1) is 17.8. The number of nitrogens with one attached hydrogen (secondary N) is 2. The zero-order valence-electron chi connectivity index (χ0n) is 14.6. The van der Waals surface area contributed by atoms with Gasteiger partial charge in [0, 0.05) is 18.3 Å². The molecule has 4 amide bonds. The van der Waals surface area contributed by atoms with Crippen molar-refractivity contribution in [3.63, 3.8) is 0 Å². The molecule has 0 radical (unpaired) electrons. The van der Waals surface area contributed by atoms with Crippen LogP contribution in [0.15, 0.2) is 5.38 Å². The minimum absolute atomic E-state index is 0.128. The fourth-order valence-corrected chi connectivity index (χ4v) is 4.27. The summed E-state index contributed by atoms with van der Waals surface area (Å²) in [6.07, 6.45) is 4.07. The molecule has 0 atom stereocenters. The van der Waals surface area contributed by atoms with Gasteiger partial charge in [-0.3, -0.25) is 14.5 Å². The summed E-state index contributed by atoms with van der Waals surface area (Å²) < 4.78 is 0. The number of imide groups is 1. The molecule has 2 fully saturated rings. The molecular weight excluding hydrogens is 340 g/mol. The van der Waals surface area contributed by atoms with Crippen LogP contribution in [0.5, 0.6) is 0 Å². The van der Waals surface area contributed by atoms with E-state index < -0.39 is 5.54 Å². The first-order chi connectivity index (χ1) is 11.9. The van der Waals surface area contributed by atoms with E-state index in [0.29, 0.717) is 17.5 Å². The quantitative estimate of drug-likeness (QED) is 0.759. The number of amides is 4. The van der Waals surface area contributed by atoms with Gasteiger partial charge in [-0.25, -0.2) is 9.78 Å². The van der Waals surface area contributed by atoms with Gasteiger partial charge in [-0.1, -0.05) is 26.7 Å². The summed E-state index contributed by atoms with van der Waals surface area (Å²) in [5.74, 6) is 0.0497. The van der Waals surface area contributed by atoms with Gasteiger partial charge in [0.05, 0.1) is 5.69 Å². The van der Waals surface area contributed by atoms with Crippen LogP contribution in [-0.2, 0) is 9.59 Å². The van der Waals surface area contributed by atoms with Gasteiger partial charge in [0.2, 0.25) is 5.91 Å². The van der Waals surface area contributed by atoms with E-state index >= 15 is 0 Å². The third kappa shape index (κ3) is 3.68. The number of carbonyl (C=O) groups excluding carboxylic acids is 3. The molecule has 25 heavy (non-hydrogen) atoms. The van der Waals surface area contributed by atoms with Crippen LogP contribution in [0.25, 0.3) is 0 Å². The number of rotatable bonds is 6. The lowest BCUT2D eigenvalue weighted by Crippen LogP contribution is -2.44. The molecule has 1 spiro atoms. The number of aromatic nitrogens is 1. The number of thiazole rings is 1. The summed E-state index contributed by atoms with van der Waals surface area (Å²) in [7, 11) is 0. The summed E-state index contributed by atoms with van der Waals surface area (Å²) >= 11 is 1.41. The Bertz CT molecular complexity index is 679. The predicted octanol–water partition coefficient (Wildman–Crippen LogP) is 2.85. The van der Waals surface area contributed by atoms with Gasteiger partial charge in [-0.15, -0.1) is 11.3 Å². The van der Waals surface area contributed by atoms with E-state index in [4.69, 9.17) is 0 Å². The second-order valence-corrected chi connectivity index (χ2v) is 7.92. The van der Waals surface area contributed by atoms with E-state index in [2.05, 4.69) is 29.5 Å². The number of nitrogens with zero attached hydrogens (tertiary/aromatic N) is 2. The van der Waals surface area contributed by atoms with Crippen molar-refractivity contribution in [3.8, 4) is 0 Å². The Morgan fingerprint density at radius 3 is 2.76 bits per heavy atom. The predicted molar refractivity (Wildman–Crippen MR) is 95.5 cm³/mol. The monoisotopic (exact) mass is 364 g/mol. The first-order valence-corrected chi connectivity index (χ1v) is 9.69. The highest BCUT2D eigenvalue weighted by Crippen LogP contribution is 2.35. The molecule has 3 rings (SSSR count). The van der Waals surface area contributed by atoms with Crippen molar-refractivity contribution in [1.82, 2.24) is 15.2 Å². The SMILES string of the molecule is CC(C)c1csc(NC(=O)CCCN2C(=O)NC3(CCCC3)C2=O)n1. The van der Waals surface area contributed by atoms with Gasteiger partial charge in [0.25, 0.3) is 5.91 Å². The fraction of sp³-hybridized carbons (Fsp3) is 0.647. The third-order valence-corrected chi connectivity index (χ3v) is 5.62. The van der Waals surface area contributed by atoms with Gasteiger partial charge in [-0.05, 0) is 25.2 Å². The zero-order valence-corrected chi connectivity index (χ0v) is 15.4. The molecule has 2 aliphatic rings. The molecule has 1 aliphatic carbocycles. The Kier molecular flexibility index (Phi) is 5.08. The molecular formula is C17H24N4O3S. The minimum Gasteiger partial charge on any atom is -0.323 e.